The van der Waals surface area contributed by atoms with Crippen molar-refractivity contribution in [1.82, 2.24) is 10.2 Å². The topological polar surface area (TPSA) is 93.0 Å². The number of fused-ring (bicyclic) bond motifs is 1. The number of piperidine rings is 1. The van der Waals surface area contributed by atoms with Crippen molar-refractivity contribution in [2.24, 2.45) is 5.41 Å². The van der Waals surface area contributed by atoms with Crippen LogP contribution in [-0.4, -0.2) is 58.6 Å². The van der Waals surface area contributed by atoms with E-state index in [-0.39, 0.29) is 25.3 Å². The Morgan fingerprint density at radius 2 is 1.91 bits per heavy atom. The molecule has 6 heteroatoms. The Morgan fingerprint density at radius 1 is 1.22 bits per heavy atom. The average Bonchev–Trinajstić information content (AvgIpc) is 2.99. The van der Waals surface area contributed by atoms with Gasteiger partial charge in [-0.2, -0.15) is 0 Å². The first kappa shape index (κ1) is 16.1. The lowest BCUT2D eigenvalue weighted by atomic mass is 9.80. The van der Waals surface area contributed by atoms with Crippen molar-refractivity contribution in [1.29, 1.82) is 0 Å². The molecule has 0 spiro atoms. The molecule has 0 aromatic heterocycles. The Balaban J connectivity index is 1.55. The summed E-state index contributed by atoms with van der Waals surface area (Å²) in [6, 6.07) is 5.39. The molecule has 0 radical (unpaired) electrons. The van der Waals surface area contributed by atoms with Crippen LogP contribution in [0.2, 0.25) is 0 Å². The number of aromatic hydroxyl groups is 1. The number of phenolic OH excluding ortho intramolecular Hbond substituents is 1. The van der Waals surface area contributed by atoms with Crippen LogP contribution in [0.1, 0.15) is 24.0 Å². The summed E-state index contributed by atoms with van der Waals surface area (Å²) in [6.45, 7) is 0.988. The van der Waals surface area contributed by atoms with Gasteiger partial charge in [-0.05, 0) is 42.9 Å². The molecule has 4 N–H and O–H groups in total. The van der Waals surface area contributed by atoms with Crippen molar-refractivity contribution in [2.75, 3.05) is 26.3 Å². The Bertz CT molecular complexity index is 576. The average molecular weight is 320 g/mol. The van der Waals surface area contributed by atoms with Crippen LogP contribution >= 0.6 is 0 Å². The van der Waals surface area contributed by atoms with E-state index in [1.54, 1.807) is 11.0 Å². The number of urea groups is 1. The van der Waals surface area contributed by atoms with Crippen molar-refractivity contribution < 1.29 is 20.1 Å². The zero-order valence-corrected chi connectivity index (χ0v) is 13.2. The second-order valence-electron chi connectivity index (χ2n) is 6.77. The number of phenols is 1. The van der Waals surface area contributed by atoms with Crippen LogP contribution in [-0.2, 0) is 12.8 Å². The van der Waals surface area contributed by atoms with E-state index in [9.17, 15) is 20.1 Å². The Kier molecular flexibility index (Phi) is 4.46. The van der Waals surface area contributed by atoms with Crippen LogP contribution in [0.4, 0.5) is 4.79 Å². The molecular formula is C17H24N2O4. The second-order valence-corrected chi connectivity index (χ2v) is 6.77. The Morgan fingerprint density at radius 3 is 2.52 bits per heavy atom. The molecule has 23 heavy (non-hydrogen) atoms. The summed E-state index contributed by atoms with van der Waals surface area (Å²) in [5.41, 5.74) is 1.57. The monoisotopic (exact) mass is 320 g/mol. The summed E-state index contributed by atoms with van der Waals surface area (Å²) in [4.78, 5) is 14.1. The molecule has 1 aliphatic heterocycles. The molecule has 126 valence electrons. The molecule has 2 aliphatic rings. The van der Waals surface area contributed by atoms with Crippen molar-refractivity contribution in [3.63, 3.8) is 0 Å². The molecule has 6 nitrogen and oxygen atoms in total. The van der Waals surface area contributed by atoms with Crippen molar-refractivity contribution in [2.45, 2.75) is 31.7 Å². The smallest absolute Gasteiger partial charge is 0.317 e. The fraction of sp³-hybridized carbons (Fsp3) is 0.588. The van der Waals surface area contributed by atoms with Gasteiger partial charge >= 0.3 is 6.03 Å². The number of benzene rings is 1. The molecule has 1 aromatic carbocycles. The number of nitrogens with one attached hydrogen (secondary N) is 1. The number of rotatable bonds is 3. The van der Waals surface area contributed by atoms with Crippen LogP contribution < -0.4 is 5.32 Å². The number of hydrogen-bond acceptors (Lipinski definition) is 4. The molecule has 1 fully saturated rings. The fourth-order valence-electron chi connectivity index (χ4n) is 3.55. The highest BCUT2D eigenvalue weighted by molar-refractivity contribution is 5.75. The van der Waals surface area contributed by atoms with E-state index in [1.807, 2.05) is 12.1 Å². The lowest BCUT2D eigenvalue weighted by molar-refractivity contribution is 0.00691. The molecule has 1 aliphatic carbocycles. The van der Waals surface area contributed by atoms with Crippen molar-refractivity contribution in [3.05, 3.63) is 29.3 Å². The van der Waals surface area contributed by atoms with E-state index in [2.05, 4.69) is 5.32 Å². The van der Waals surface area contributed by atoms with Crippen LogP contribution in [0, 0.1) is 5.41 Å². The minimum absolute atomic E-state index is 0.00756. The molecule has 1 unspecified atom stereocenters. The van der Waals surface area contributed by atoms with Crippen LogP contribution in [0.25, 0.3) is 0 Å². The van der Waals surface area contributed by atoms with Gasteiger partial charge in [-0.3, -0.25) is 0 Å². The van der Waals surface area contributed by atoms with Gasteiger partial charge in [0.25, 0.3) is 0 Å². The first-order chi connectivity index (χ1) is 11.1. The molecule has 1 saturated heterocycles. The summed E-state index contributed by atoms with van der Waals surface area (Å²) < 4.78 is 0. The quantitative estimate of drug-likeness (QED) is 0.657. The van der Waals surface area contributed by atoms with Crippen LogP contribution in [0.15, 0.2) is 18.2 Å². The predicted molar refractivity (Wildman–Crippen MR) is 85.2 cm³/mol. The molecule has 0 saturated carbocycles. The Hall–Kier alpha value is -1.79. The van der Waals surface area contributed by atoms with Gasteiger partial charge in [0.1, 0.15) is 5.75 Å². The SMILES string of the molecule is O=C(NC1Cc2cccc(O)c2C1)N1CCC(CO)(CO)CC1. The van der Waals surface area contributed by atoms with E-state index in [0.29, 0.717) is 38.1 Å². The van der Waals surface area contributed by atoms with E-state index in [1.165, 1.54) is 0 Å². The van der Waals surface area contributed by atoms with Gasteiger partial charge in [0, 0.05) is 24.5 Å². The summed E-state index contributed by atoms with van der Waals surface area (Å²) in [5.74, 6) is 0.299. The molecular weight excluding hydrogens is 296 g/mol. The molecule has 3 rings (SSSR count). The molecule has 0 bridgehead atoms. The third-order valence-electron chi connectivity index (χ3n) is 5.27. The zero-order valence-electron chi connectivity index (χ0n) is 13.2. The molecule has 2 amide bonds. The van der Waals surface area contributed by atoms with Gasteiger partial charge in [0.05, 0.1) is 13.2 Å². The van der Waals surface area contributed by atoms with E-state index in [0.717, 1.165) is 17.5 Å². The van der Waals surface area contributed by atoms with Crippen molar-refractivity contribution in [3.8, 4) is 5.75 Å². The normalized spacial score (nSPS) is 22.7. The molecule has 1 aromatic rings. The highest BCUT2D eigenvalue weighted by Crippen LogP contribution is 2.31. The molecule has 1 atom stereocenters. The standard InChI is InChI=1S/C17H24N2O4/c20-10-17(11-21)4-6-19(7-5-17)16(23)18-13-8-12-2-1-3-15(22)14(12)9-13/h1-3,13,20-22H,4-11H2,(H,18,23). The summed E-state index contributed by atoms with van der Waals surface area (Å²) >= 11 is 0. The summed E-state index contributed by atoms with van der Waals surface area (Å²) in [7, 11) is 0. The Labute approximate surface area is 135 Å². The van der Waals surface area contributed by atoms with Gasteiger partial charge in [0.15, 0.2) is 0 Å². The largest absolute Gasteiger partial charge is 0.508 e. The first-order valence-electron chi connectivity index (χ1n) is 8.14. The second kappa shape index (κ2) is 6.37. The number of carbonyl (C=O) groups excluding carboxylic acids is 1. The highest BCUT2D eigenvalue weighted by atomic mass is 16.3. The van der Waals surface area contributed by atoms with Gasteiger partial charge in [-0.1, -0.05) is 12.1 Å². The third kappa shape index (κ3) is 3.14. The van der Waals surface area contributed by atoms with Gasteiger partial charge < -0.3 is 25.5 Å². The predicted octanol–water partition coefficient (Wildman–Crippen LogP) is 0.636. The van der Waals surface area contributed by atoms with E-state index >= 15 is 0 Å². The maximum atomic E-state index is 12.4. The van der Waals surface area contributed by atoms with E-state index in [4.69, 9.17) is 0 Å². The number of aliphatic hydroxyl groups excluding tert-OH is 2. The third-order valence-corrected chi connectivity index (χ3v) is 5.27. The zero-order chi connectivity index (χ0) is 16.4. The minimum Gasteiger partial charge on any atom is -0.508 e. The first-order valence-corrected chi connectivity index (χ1v) is 8.14. The van der Waals surface area contributed by atoms with E-state index < -0.39 is 5.41 Å². The maximum absolute atomic E-state index is 12.4. The number of nitrogens with zero attached hydrogens (tertiary/aromatic N) is 1. The minimum atomic E-state index is -0.452. The number of amides is 2. The van der Waals surface area contributed by atoms with Crippen molar-refractivity contribution >= 4 is 6.03 Å². The van der Waals surface area contributed by atoms with Crippen LogP contribution in [0.5, 0.6) is 5.75 Å². The number of hydrogen-bond donors (Lipinski definition) is 4. The molecule has 1 heterocycles. The number of likely N-dealkylation sites (tertiary alicyclic amines) is 1. The van der Waals surface area contributed by atoms with Gasteiger partial charge in [-0.25, -0.2) is 4.79 Å². The van der Waals surface area contributed by atoms with Gasteiger partial charge in [-0.15, -0.1) is 0 Å². The fourth-order valence-corrected chi connectivity index (χ4v) is 3.55. The van der Waals surface area contributed by atoms with Crippen LogP contribution in [0.3, 0.4) is 0 Å². The van der Waals surface area contributed by atoms with Gasteiger partial charge in [0.2, 0.25) is 0 Å². The highest BCUT2D eigenvalue weighted by Gasteiger charge is 2.35. The lowest BCUT2D eigenvalue weighted by Gasteiger charge is -2.39. The summed E-state index contributed by atoms with van der Waals surface area (Å²) in [5, 5.41) is 31.7. The number of carbonyl (C=O) groups is 1. The number of aliphatic hydroxyl groups is 2. The lowest BCUT2D eigenvalue weighted by Crippen LogP contribution is -2.51. The maximum Gasteiger partial charge on any atom is 0.317 e. The summed E-state index contributed by atoms with van der Waals surface area (Å²) in [6.07, 6.45) is 2.61.